The van der Waals surface area contributed by atoms with Crippen molar-refractivity contribution in [2.24, 2.45) is 0 Å². The predicted molar refractivity (Wildman–Crippen MR) is 55.7 cm³/mol. The summed E-state index contributed by atoms with van der Waals surface area (Å²) in [5.41, 5.74) is 0. The Kier molecular flexibility index (Phi) is 3.83. The number of nitrogens with zero attached hydrogens (tertiary/aromatic N) is 1. The van der Waals surface area contributed by atoms with E-state index >= 15 is 0 Å². The molecule has 2 saturated heterocycles. The van der Waals surface area contributed by atoms with Crippen molar-refractivity contribution >= 4 is 6.09 Å². The van der Waals surface area contributed by atoms with Gasteiger partial charge in [0.1, 0.15) is 6.61 Å². The average Bonchev–Trinajstić information content (AvgIpc) is 2.80. The molecule has 2 aliphatic heterocycles. The Morgan fingerprint density at radius 3 is 2.73 bits per heavy atom. The van der Waals surface area contributed by atoms with E-state index in [9.17, 15) is 4.79 Å². The fourth-order valence-electron chi connectivity index (χ4n) is 2.11. The zero-order valence-corrected chi connectivity index (χ0v) is 9.11. The lowest BCUT2D eigenvalue weighted by Crippen LogP contribution is -2.37. The second-order valence-corrected chi connectivity index (χ2v) is 4.26. The molecule has 0 saturated carbocycles. The first-order chi connectivity index (χ1) is 7.36. The molecule has 0 aliphatic carbocycles. The number of hydrogen-bond acceptors (Lipinski definition) is 3. The number of piperidine rings is 1. The molecular formula is C11H19NO3. The number of likely N-dealkylation sites (tertiary alicyclic amines) is 1. The van der Waals surface area contributed by atoms with Crippen LogP contribution in [0.15, 0.2) is 0 Å². The van der Waals surface area contributed by atoms with Crippen LogP contribution >= 0.6 is 0 Å². The van der Waals surface area contributed by atoms with Gasteiger partial charge in [0.25, 0.3) is 0 Å². The molecule has 0 spiro atoms. The van der Waals surface area contributed by atoms with Crippen LogP contribution in [0, 0.1) is 0 Å². The van der Waals surface area contributed by atoms with E-state index in [4.69, 9.17) is 9.47 Å². The fourth-order valence-corrected chi connectivity index (χ4v) is 2.11. The minimum atomic E-state index is -0.162. The number of ether oxygens (including phenoxy) is 2. The standard InChI is InChI=1S/C11H19NO3/c13-11(12-6-2-1-3-7-12)15-9-10-5-4-8-14-10/h10H,1-9H2. The Labute approximate surface area is 90.5 Å². The Morgan fingerprint density at radius 1 is 1.27 bits per heavy atom. The highest BCUT2D eigenvalue weighted by molar-refractivity contribution is 5.67. The molecule has 0 radical (unpaired) electrons. The molecule has 2 aliphatic rings. The highest BCUT2D eigenvalue weighted by Crippen LogP contribution is 2.14. The van der Waals surface area contributed by atoms with Crippen LogP contribution in [0.3, 0.4) is 0 Å². The maximum Gasteiger partial charge on any atom is 0.409 e. The lowest BCUT2D eigenvalue weighted by atomic mass is 10.1. The third-order valence-electron chi connectivity index (χ3n) is 3.03. The van der Waals surface area contributed by atoms with Gasteiger partial charge in [-0.1, -0.05) is 0 Å². The first-order valence-electron chi connectivity index (χ1n) is 5.89. The molecule has 2 fully saturated rings. The Hall–Kier alpha value is -0.770. The lowest BCUT2D eigenvalue weighted by molar-refractivity contribution is 0.0278. The molecule has 4 heteroatoms. The minimum absolute atomic E-state index is 0.138. The molecule has 0 bridgehead atoms. The highest BCUT2D eigenvalue weighted by Gasteiger charge is 2.21. The maximum atomic E-state index is 11.6. The van der Waals surface area contributed by atoms with Crippen LogP contribution in [0.4, 0.5) is 4.79 Å². The van der Waals surface area contributed by atoms with Gasteiger partial charge in [-0.2, -0.15) is 0 Å². The normalized spacial score (nSPS) is 26.7. The summed E-state index contributed by atoms with van der Waals surface area (Å²) in [5.74, 6) is 0. The number of hydrogen-bond donors (Lipinski definition) is 0. The zero-order chi connectivity index (χ0) is 10.5. The van der Waals surface area contributed by atoms with Crippen LogP contribution in [0.2, 0.25) is 0 Å². The van der Waals surface area contributed by atoms with Crippen molar-refractivity contribution in [2.45, 2.75) is 38.2 Å². The second kappa shape index (κ2) is 5.35. The summed E-state index contributed by atoms with van der Waals surface area (Å²) >= 11 is 0. The van der Waals surface area contributed by atoms with Crippen LogP contribution in [-0.4, -0.2) is 43.4 Å². The highest BCUT2D eigenvalue weighted by atomic mass is 16.6. The van der Waals surface area contributed by atoms with Gasteiger partial charge in [0.2, 0.25) is 0 Å². The van der Waals surface area contributed by atoms with Gasteiger partial charge in [-0.15, -0.1) is 0 Å². The molecular weight excluding hydrogens is 194 g/mol. The van der Waals surface area contributed by atoms with Gasteiger partial charge in [-0.3, -0.25) is 0 Å². The van der Waals surface area contributed by atoms with Crippen molar-refractivity contribution < 1.29 is 14.3 Å². The van der Waals surface area contributed by atoms with Gasteiger partial charge in [0.15, 0.2) is 0 Å². The van der Waals surface area contributed by atoms with Crippen molar-refractivity contribution in [3.05, 3.63) is 0 Å². The van der Waals surface area contributed by atoms with E-state index in [1.54, 1.807) is 4.90 Å². The number of carbonyl (C=O) groups is 1. The van der Waals surface area contributed by atoms with Gasteiger partial charge >= 0.3 is 6.09 Å². The number of amides is 1. The molecule has 1 atom stereocenters. The molecule has 1 amide bonds. The van der Waals surface area contributed by atoms with E-state index in [1.165, 1.54) is 6.42 Å². The van der Waals surface area contributed by atoms with Crippen molar-refractivity contribution in [1.29, 1.82) is 0 Å². The van der Waals surface area contributed by atoms with Gasteiger partial charge in [0, 0.05) is 19.7 Å². The topological polar surface area (TPSA) is 38.8 Å². The smallest absolute Gasteiger partial charge is 0.409 e. The quantitative estimate of drug-likeness (QED) is 0.702. The van der Waals surface area contributed by atoms with Crippen LogP contribution in [0.5, 0.6) is 0 Å². The van der Waals surface area contributed by atoms with Gasteiger partial charge in [-0.25, -0.2) is 4.79 Å². The van der Waals surface area contributed by atoms with Crippen molar-refractivity contribution in [1.82, 2.24) is 4.90 Å². The van der Waals surface area contributed by atoms with E-state index in [1.807, 2.05) is 0 Å². The predicted octanol–water partition coefficient (Wildman–Crippen LogP) is 1.79. The molecule has 1 unspecified atom stereocenters. The Morgan fingerprint density at radius 2 is 2.07 bits per heavy atom. The third-order valence-corrected chi connectivity index (χ3v) is 3.03. The van der Waals surface area contributed by atoms with Crippen LogP contribution in [-0.2, 0) is 9.47 Å². The van der Waals surface area contributed by atoms with Crippen LogP contribution < -0.4 is 0 Å². The van der Waals surface area contributed by atoms with E-state index in [0.29, 0.717) is 6.61 Å². The summed E-state index contributed by atoms with van der Waals surface area (Å²) < 4.78 is 10.6. The summed E-state index contributed by atoms with van der Waals surface area (Å²) in [6, 6.07) is 0. The molecule has 15 heavy (non-hydrogen) atoms. The maximum absolute atomic E-state index is 11.6. The number of rotatable bonds is 2. The van der Waals surface area contributed by atoms with Crippen LogP contribution in [0.1, 0.15) is 32.1 Å². The lowest BCUT2D eigenvalue weighted by Gasteiger charge is -2.26. The number of carbonyl (C=O) groups excluding carboxylic acids is 1. The fraction of sp³-hybridized carbons (Fsp3) is 0.909. The molecule has 86 valence electrons. The average molecular weight is 213 g/mol. The van der Waals surface area contributed by atoms with Gasteiger partial charge < -0.3 is 14.4 Å². The molecule has 2 rings (SSSR count). The van der Waals surface area contributed by atoms with E-state index in [0.717, 1.165) is 45.4 Å². The van der Waals surface area contributed by atoms with E-state index in [2.05, 4.69) is 0 Å². The minimum Gasteiger partial charge on any atom is -0.447 e. The molecule has 0 aromatic carbocycles. The van der Waals surface area contributed by atoms with Crippen molar-refractivity contribution in [3.63, 3.8) is 0 Å². The first-order valence-corrected chi connectivity index (χ1v) is 5.89. The molecule has 0 N–H and O–H groups in total. The summed E-state index contributed by atoms with van der Waals surface area (Å²) in [7, 11) is 0. The SMILES string of the molecule is O=C(OCC1CCCO1)N1CCCCC1. The Balaban J connectivity index is 1.66. The summed E-state index contributed by atoms with van der Waals surface area (Å²) in [6.45, 7) is 2.94. The molecule has 0 aromatic heterocycles. The second-order valence-electron chi connectivity index (χ2n) is 4.26. The summed E-state index contributed by atoms with van der Waals surface area (Å²) in [5, 5.41) is 0. The monoisotopic (exact) mass is 213 g/mol. The third kappa shape index (κ3) is 3.09. The van der Waals surface area contributed by atoms with E-state index < -0.39 is 0 Å². The Bertz CT molecular complexity index is 208. The van der Waals surface area contributed by atoms with E-state index in [-0.39, 0.29) is 12.2 Å². The molecule has 4 nitrogen and oxygen atoms in total. The summed E-state index contributed by atoms with van der Waals surface area (Å²) in [4.78, 5) is 13.4. The largest absolute Gasteiger partial charge is 0.447 e. The van der Waals surface area contributed by atoms with Gasteiger partial charge in [-0.05, 0) is 32.1 Å². The van der Waals surface area contributed by atoms with Gasteiger partial charge in [0.05, 0.1) is 6.10 Å². The first kappa shape index (κ1) is 10.7. The molecule has 2 heterocycles. The molecule has 0 aromatic rings. The van der Waals surface area contributed by atoms with Crippen LogP contribution in [0.25, 0.3) is 0 Å². The summed E-state index contributed by atoms with van der Waals surface area (Å²) in [6.07, 6.45) is 5.53. The zero-order valence-electron chi connectivity index (χ0n) is 9.11. The van der Waals surface area contributed by atoms with Crippen molar-refractivity contribution in [3.8, 4) is 0 Å². The van der Waals surface area contributed by atoms with Crippen molar-refractivity contribution in [2.75, 3.05) is 26.3 Å².